The molecule has 1 heteroatoms. The summed E-state index contributed by atoms with van der Waals surface area (Å²) in [6.07, 6.45) is 1.28. The average molecular weight is 202 g/mol. The van der Waals surface area contributed by atoms with Crippen LogP contribution in [-0.4, -0.2) is 11.2 Å². The number of rotatable bonds is 3. The predicted molar refractivity (Wildman–Crippen MR) is 63.4 cm³/mol. The molecule has 0 fully saturated rings. The number of aliphatic hydroxyl groups is 1. The first-order chi connectivity index (χ1) is 7.20. The molecule has 1 N–H and O–H groups in total. The summed E-state index contributed by atoms with van der Waals surface area (Å²) >= 11 is 0. The quantitative estimate of drug-likeness (QED) is 0.747. The number of hydrogen-bond donors (Lipinski definition) is 1. The minimum absolute atomic E-state index is 0.217. The molecular formula is C14H18O. The fraction of sp³-hybridized carbons (Fsp3) is 0.429. The van der Waals surface area contributed by atoms with E-state index >= 15 is 0 Å². The largest absolute Gasteiger partial charge is 0.380 e. The Morgan fingerprint density at radius 1 is 1.20 bits per heavy atom. The van der Waals surface area contributed by atoms with E-state index in [0.717, 1.165) is 12.8 Å². The second-order valence-corrected chi connectivity index (χ2v) is 4.00. The van der Waals surface area contributed by atoms with Crippen molar-refractivity contribution < 1.29 is 5.11 Å². The standard InChI is InChI=1S/C14H18O/c1-12(2)14(15)11-7-6-10-13-8-4-3-5-9-13/h3-5,8-9,12,14-15H,6,10H2,1-2H3/t14-/m1/s1. The molecule has 1 aromatic carbocycles. The number of aliphatic hydroxyl groups excluding tert-OH is 1. The molecule has 0 unspecified atom stereocenters. The Morgan fingerprint density at radius 2 is 1.87 bits per heavy atom. The van der Waals surface area contributed by atoms with Gasteiger partial charge >= 0.3 is 0 Å². The van der Waals surface area contributed by atoms with Crippen molar-refractivity contribution in [2.45, 2.75) is 32.8 Å². The van der Waals surface area contributed by atoms with Gasteiger partial charge in [0.15, 0.2) is 0 Å². The molecule has 0 aromatic heterocycles. The maximum absolute atomic E-state index is 9.45. The van der Waals surface area contributed by atoms with Crippen molar-refractivity contribution >= 4 is 0 Å². The first-order valence-electron chi connectivity index (χ1n) is 5.40. The van der Waals surface area contributed by atoms with E-state index in [4.69, 9.17) is 0 Å². The summed E-state index contributed by atoms with van der Waals surface area (Å²) in [4.78, 5) is 0. The summed E-state index contributed by atoms with van der Waals surface area (Å²) in [5.74, 6) is 6.09. The van der Waals surface area contributed by atoms with Crippen molar-refractivity contribution in [2.75, 3.05) is 0 Å². The Kier molecular flexibility index (Phi) is 4.93. The van der Waals surface area contributed by atoms with Crippen LogP contribution >= 0.6 is 0 Å². The van der Waals surface area contributed by atoms with Gasteiger partial charge in [0.25, 0.3) is 0 Å². The lowest BCUT2D eigenvalue weighted by Crippen LogP contribution is -2.11. The fourth-order valence-corrected chi connectivity index (χ4v) is 1.19. The van der Waals surface area contributed by atoms with Gasteiger partial charge in [-0.05, 0) is 17.9 Å². The average Bonchev–Trinajstić information content (AvgIpc) is 2.25. The molecule has 0 amide bonds. The predicted octanol–water partition coefficient (Wildman–Crippen LogP) is 2.64. The zero-order valence-corrected chi connectivity index (χ0v) is 9.40. The van der Waals surface area contributed by atoms with Gasteiger partial charge in [0, 0.05) is 6.42 Å². The molecule has 1 nitrogen and oxygen atoms in total. The lowest BCUT2D eigenvalue weighted by atomic mass is 10.1. The third-order valence-corrected chi connectivity index (χ3v) is 2.26. The van der Waals surface area contributed by atoms with Crippen LogP contribution in [0.15, 0.2) is 30.3 Å². The van der Waals surface area contributed by atoms with Gasteiger partial charge in [-0.15, -0.1) is 5.92 Å². The second kappa shape index (κ2) is 6.27. The van der Waals surface area contributed by atoms with Crippen LogP contribution in [0.1, 0.15) is 25.8 Å². The van der Waals surface area contributed by atoms with Gasteiger partial charge in [-0.25, -0.2) is 0 Å². The molecule has 0 spiro atoms. The van der Waals surface area contributed by atoms with Crippen molar-refractivity contribution in [2.24, 2.45) is 5.92 Å². The highest BCUT2D eigenvalue weighted by atomic mass is 16.3. The molecule has 0 aliphatic carbocycles. The van der Waals surface area contributed by atoms with Crippen LogP contribution in [0.25, 0.3) is 0 Å². The van der Waals surface area contributed by atoms with Crippen LogP contribution < -0.4 is 0 Å². The summed E-state index contributed by atoms with van der Waals surface area (Å²) in [5.41, 5.74) is 1.30. The molecule has 0 radical (unpaired) electrons. The maximum Gasteiger partial charge on any atom is 0.117 e. The smallest absolute Gasteiger partial charge is 0.117 e. The van der Waals surface area contributed by atoms with E-state index in [1.54, 1.807) is 0 Å². The van der Waals surface area contributed by atoms with Crippen LogP contribution in [0, 0.1) is 17.8 Å². The van der Waals surface area contributed by atoms with Crippen LogP contribution in [0.3, 0.4) is 0 Å². The van der Waals surface area contributed by atoms with E-state index in [9.17, 15) is 5.11 Å². The highest BCUT2D eigenvalue weighted by Gasteiger charge is 2.02. The molecule has 1 rings (SSSR count). The zero-order chi connectivity index (χ0) is 11.1. The Hall–Kier alpha value is -1.26. The van der Waals surface area contributed by atoms with E-state index in [2.05, 4.69) is 24.0 Å². The Balaban J connectivity index is 2.33. The third kappa shape index (κ3) is 4.67. The number of benzene rings is 1. The molecule has 0 aliphatic heterocycles. The molecular weight excluding hydrogens is 184 g/mol. The van der Waals surface area contributed by atoms with Crippen molar-refractivity contribution in [1.29, 1.82) is 0 Å². The van der Waals surface area contributed by atoms with Gasteiger partial charge in [0.2, 0.25) is 0 Å². The van der Waals surface area contributed by atoms with Crippen LogP contribution in [0.2, 0.25) is 0 Å². The van der Waals surface area contributed by atoms with Crippen LogP contribution in [0.4, 0.5) is 0 Å². The highest BCUT2D eigenvalue weighted by Crippen LogP contribution is 2.02. The Labute approximate surface area is 92.1 Å². The lowest BCUT2D eigenvalue weighted by molar-refractivity contribution is 0.181. The monoisotopic (exact) mass is 202 g/mol. The SMILES string of the molecule is CC(C)[C@H](O)C#CCCc1ccccc1. The molecule has 0 aliphatic rings. The molecule has 0 saturated heterocycles. The first kappa shape index (κ1) is 11.8. The normalized spacial score (nSPS) is 12.0. The topological polar surface area (TPSA) is 20.2 Å². The fourth-order valence-electron chi connectivity index (χ4n) is 1.19. The zero-order valence-electron chi connectivity index (χ0n) is 9.40. The minimum atomic E-state index is -0.485. The summed E-state index contributed by atoms with van der Waals surface area (Å²) in [7, 11) is 0. The third-order valence-electron chi connectivity index (χ3n) is 2.26. The van der Waals surface area contributed by atoms with Crippen molar-refractivity contribution in [3.05, 3.63) is 35.9 Å². The number of aryl methyl sites for hydroxylation is 1. The van der Waals surface area contributed by atoms with Crippen LogP contribution in [-0.2, 0) is 6.42 Å². The molecule has 15 heavy (non-hydrogen) atoms. The molecule has 1 aromatic rings. The number of hydrogen-bond acceptors (Lipinski definition) is 1. The van der Waals surface area contributed by atoms with Gasteiger partial charge in [0.05, 0.1) is 0 Å². The molecule has 1 atom stereocenters. The molecule has 80 valence electrons. The van der Waals surface area contributed by atoms with Gasteiger partial charge < -0.3 is 5.11 Å². The van der Waals surface area contributed by atoms with E-state index in [-0.39, 0.29) is 5.92 Å². The van der Waals surface area contributed by atoms with Crippen molar-refractivity contribution in [3.63, 3.8) is 0 Å². The van der Waals surface area contributed by atoms with Gasteiger partial charge in [0.1, 0.15) is 6.10 Å². The van der Waals surface area contributed by atoms with Crippen molar-refractivity contribution in [3.8, 4) is 11.8 Å². The Morgan fingerprint density at radius 3 is 2.47 bits per heavy atom. The summed E-state index contributed by atoms with van der Waals surface area (Å²) in [6.45, 7) is 3.94. The summed E-state index contributed by atoms with van der Waals surface area (Å²) in [6, 6.07) is 10.3. The second-order valence-electron chi connectivity index (χ2n) is 4.00. The van der Waals surface area contributed by atoms with Crippen LogP contribution in [0.5, 0.6) is 0 Å². The lowest BCUT2D eigenvalue weighted by Gasteiger charge is -2.05. The van der Waals surface area contributed by atoms with Gasteiger partial charge in [-0.1, -0.05) is 50.1 Å². The first-order valence-corrected chi connectivity index (χ1v) is 5.40. The minimum Gasteiger partial charge on any atom is -0.380 e. The van der Waals surface area contributed by atoms with Gasteiger partial charge in [-0.2, -0.15) is 0 Å². The van der Waals surface area contributed by atoms with Crippen molar-refractivity contribution in [1.82, 2.24) is 0 Å². The van der Waals surface area contributed by atoms with E-state index < -0.39 is 6.10 Å². The molecule has 0 saturated carbocycles. The van der Waals surface area contributed by atoms with E-state index in [1.807, 2.05) is 32.0 Å². The molecule has 0 heterocycles. The van der Waals surface area contributed by atoms with E-state index in [1.165, 1.54) is 5.56 Å². The van der Waals surface area contributed by atoms with Gasteiger partial charge in [-0.3, -0.25) is 0 Å². The van der Waals surface area contributed by atoms with E-state index in [0.29, 0.717) is 0 Å². The Bertz CT molecular complexity index is 329. The maximum atomic E-state index is 9.45. The summed E-state index contributed by atoms with van der Waals surface area (Å²) < 4.78 is 0. The highest BCUT2D eigenvalue weighted by molar-refractivity contribution is 5.16. The summed E-state index contributed by atoms with van der Waals surface area (Å²) in [5, 5.41) is 9.45. The molecule has 0 bridgehead atoms.